The Kier molecular flexibility index (Phi) is 6.34. The summed E-state index contributed by atoms with van der Waals surface area (Å²) in [5.41, 5.74) is 0. The maximum Gasteiger partial charge on any atom is 0.0936 e. The third-order valence-corrected chi connectivity index (χ3v) is 1.71. The van der Waals surface area contributed by atoms with Gasteiger partial charge in [0.25, 0.3) is 0 Å². The molecule has 1 rings (SSSR count). The van der Waals surface area contributed by atoms with Gasteiger partial charge in [0.15, 0.2) is 0 Å². The summed E-state index contributed by atoms with van der Waals surface area (Å²) in [5, 5.41) is 8.77. The minimum Gasteiger partial charge on any atom is -0.394 e. The average molecular weight is 175 g/mol. The SMILES string of the molecule is CC.CC1CN(C)CC(CO)O1. The molecule has 0 aromatic carbocycles. The van der Waals surface area contributed by atoms with Crippen molar-refractivity contribution in [2.24, 2.45) is 0 Å². The van der Waals surface area contributed by atoms with Gasteiger partial charge in [-0.1, -0.05) is 13.8 Å². The van der Waals surface area contributed by atoms with Gasteiger partial charge < -0.3 is 14.7 Å². The van der Waals surface area contributed by atoms with Crippen LogP contribution in [0.2, 0.25) is 0 Å². The summed E-state index contributed by atoms with van der Waals surface area (Å²) < 4.78 is 5.41. The first-order chi connectivity index (χ1) is 5.72. The van der Waals surface area contributed by atoms with Crippen molar-refractivity contribution in [3.63, 3.8) is 0 Å². The monoisotopic (exact) mass is 175 g/mol. The van der Waals surface area contributed by atoms with Crippen molar-refractivity contribution >= 4 is 0 Å². The Balaban J connectivity index is 0.000000561. The van der Waals surface area contributed by atoms with Crippen LogP contribution in [-0.4, -0.2) is 49.0 Å². The maximum absolute atomic E-state index is 8.77. The van der Waals surface area contributed by atoms with Crippen molar-refractivity contribution in [2.45, 2.75) is 33.0 Å². The van der Waals surface area contributed by atoms with Crippen LogP contribution in [0.25, 0.3) is 0 Å². The molecule has 3 nitrogen and oxygen atoms in total. The van der Waals surface area contributed by atoms with Crippen LogP contribution < -0.4 is 0 Å². The molecular weight excluding hydrogens is 154 g/mol. The summed E-state index contributed by atoms with van der Waals surface area (Å²) in [6.45, 7) is 7.98. The molecule has 1 aliphatic heterocycles. The number of rotatable bonds is 1. The van der Waals surface area contributed by atoms with Crippen molar-refractivity contribution in [1.82, 2.24) is 4.90 Å². The molecule has 0 aromatic rings. The van der Waals surface area contributed by atoms with Crippen molar-refractivity contribution in [3.8, 4) is 0 Å². The highest BCUT2D eigenvalue weighted by molar-refractivity contribution is 4.72. The molecule has 3 heteroatoms. The third kappa shape index (κ3) is 4.04. The lowest BCUT2D eigenvalue weighted by molar-refractivity contribution is -0.0887. The molecule has 0 saturated carbocycles. The highest BCUT2D eigenvalue weighted by Gasteiger charge is 2.21. The largest absolute Gasteiger partial charge is 0.394 e. The summed E-state index contributed by atoms with van der Waals surface area (Å²) >= 11 is 0. The number of nitrogens with zero attached hydrogens (tertiary/aromatic N) is 1. The van der Waals surface area contributed by atoms with Gasteiger partial charge in [-0.15, -0.1) is 0 Å². The highest BCUT2D eigenvalue weighted by Crippen LogP contribution is 2.07. The molecule has 2 atom stereocenters. The van der Waals surface area contributed by atoms with E-state index in [2.05, 4.69) is 4.90 Å². The quantitative estimate of drug-likeness (QED) is 0.637. The molecule has 0 spiro atoms. The molecule has 1 fully saturated rings. The van der Waals surface area contributed by atoms with Crippen LogP contribution in [0.4, 0.5) is 0 Å². The van der Waals surface area contributed by atoms with E-state index < -0.39 is 0 Å². The molecule has 1 aliphatic rings. The fraction of sp³-hybridized carbons (Fsp3) is 1.00. The van der Waals surface area contributed by atoms with Crippen LogP contribution in [0.15, 0.2) is 0 Å². The summed E-state index contributed by atoms with van der Waals surface area (Å²) in [6, 6.07) is 0. The standard InChI is InChI=1S/C7H15NO2.C2H6/c1-6-3-8(2)4-7(5-9)10-6;1-2/h6-7,9H,3-5H2,1-2H3;1-2H3. The number of hydrogen-bond donors (Lipinski definition) is 1. The number of likely N-dealkylation sites (N-methyl/N-ethyl adjacent to an activating group) is 1. The van der Waals surface area contributed by atoms with E-state index in [4.69, 9.17) is 9.84 Å². The van der Waals surface area contributed by atoms with Gasteiger partial charge in [-0.25, -0.2) is 0 Å². The van der Waals surface area contributed by atoms with Gasteiger partial charge in [-0.05, 0) is 14.0 Å². The van der Waals surface area contributed by atoms with E-state index >= 15 is 0 Å². The van der Waals surface area contributed by atoms with Gasteiger partial charge >= 0.3 is 0 Å². The number of ether oxygens (including phenoxy) is 1. The number of aliphatic hydroxyl groups excluding tert-OH is 1. The highest BCUT2D eigenvalue weighted by atomic mass is 16.5. The van der Waals surface area contributed by atoms with Gasteiger partial charge in [-0.3, -0.25) is 0 Å². The van der Waals surface area contributed by atoms with Crippen LogP contribution >= 0.6 is 0 Å². The zero-order valence-corrected chi connectivity index (χ0v) is 8.58. The Bertz CT molecular complexity index is 98.7. The predicted molar refractivity (Wildman–Crippen MR) is 50.3 cm³/mol. The second kappa shape index (κ2) is 6.40. The topological polar surface area (TPSA) is 32.7 Å². The van der Waals surface area contributed by atoms with Gasteiger partial charge in [-0.2, -0.15) is 0 Å². The van der Waals surface area contributed by atoms with E-state index in [0.29, 0.717) is 0 Å². The van der Waals surface area contributed by atoms with Crippen LogP contribution in [0, 0.1) is 0 Å². The van der Waals surface area contributed by atoms with E-state index in [9.17, 15) is 0 Å². The zero-order valence-electron chi connectivity index (χ0n) is 8.58. The first-order valence-corrected chi connectivity index (χ1v) is 4.67. The second-order valence-electron chi connectivity index (χ2n) is 2.97. The summed E-state index contributed by atoms with van der Waals surface area (Å²) in [7, 11) is 2.04. The van der Waals surface area contributed by atoms with Gasteiger partial charge in [0, 0.05) is 13.1 Å². The Labute approximate surface area is 75.3 Å². The fourth-order valence-electron chi connectivity index (χ4n) is 1.38. The van der Waals surface area contributed by atoms with Crippen molar-refractivity contribution in [2.75, 3.05) is 26.7 Å². The van der Waals surface area contributed by atoms with E-state index in [1.807, 2.05) is 27.8 Å². The number of hydrogen-bond acceptors (Lipinski definition) is 3. The Morgan fingerprint density at radius 1 is 1.42 bits per heavy atom. The van der Waals surface area contributed by atoms with Crippen molar-refractivity contribution < 1.29 is 9.84 Å². The van der Waals surface area contributed by atoms with Gasteiger partial charge in [0.1, 0.15) is 0 Å². The smallest absolute Gasteiger partial charge is 0.0936 e. The van der Waals surface area contributed by atoms with Gasteiger partial charge in [0.05, 0.1) is 18.8 Å². The van der Waals surface area contributed by atoms with Gasteiger partial charge in [0.2, 0.25) is 0 Å². The fourth-order valence-corrected chi connectivity index (χ4v) is 1.38. The minimum absolute atomic E-state index is 0.0220. The van der Waals surface area contributed by atoms with E-state index in [1.165, 1.54) is 0 Å². The lowest BCUT2D eigenvalue weighted by atomic mass is 10.2. The normalized spacial score (nSPS) is 30.8. The summed E-state index contributed by atoms with van der Waals surface area (Å²) in [6.07, 6.45) is 0.282. The molecule has 0 bridgehead atoms. The van der Waals surface area contributed by atoms with Crippen LogP contribution in [0.3, 0.4) is 0 Å². The minimum atomic E-state index is 0.0220. The van der Waals surface area contributed by atoms with E-state index in [1.54, 1.807) is 0 Å². The Morgan fingerprint density at radius 3 is 2.42 bits per heavy atom. The molecular formula is C9H21NO2. The molecule has 0 aromatic heterocycles. The average Bonchev–Trinajstić information content (AvgIpc) is 2.06. The molecule has 2 unspecified atom stereocenters. The third-order valence-electron chi connectivity index (χ3n) is 1.71. The molecule has 1 saturated heterocycles. The number of aliphatic hydroxyl groups is 1. The van der Waals surface area contributed by atoms with Crippen molar-refractivity contribution in [3.05, 3.63) is 0 Å². The maximum atomic E-state index is 8.77. The molecule has 0 radical (unpaired) electrons. The predicted octanol–water partition coefficient (Wildman–Crippen LogP) is 0.724. The molecule has 1 N–H and O–H groups in total. The Hall–Kier alpha value is -0.120. The van der Waals surface area contributed by atoms with Crippen LogP contribution in [0.5, 0.6) is 0 Å². The summed E-state index contributed by atoms with van der Waals surface area (Å²) in [4.78, 5) is 2.18. The lowest BCUT2D eigenvalue weighted by Gasteiger charge is -2.33. The molecule has 0 amide bonds. The first-order valence-electron chi connectivity index (χ1n) is 4.67. The van der Waals surface area contributed by atoms with Crippen molar-refractivity contribution in [1.29, 1.82) is 0 Å². The zero-order chi connectivity index (χ0) is 9.56. The molecule has 0 aliphatic carbocycles. The van der Waals surface area contributed by atoms with E-state index in [-0.39, 0.29) is 18.8 Å². The molecule has 74 valence electrons. The summed E-state index contributed by atoms with van der Waals surface area (Å²) in [5.74, 6) is 0. The van der Waals surface area contributed by atoms with E-state index in [0.717, 1.165) is 13.1 Å². The Morgan fingerprint density at radius 2 is 2.00 bits per heavy atom. The second-order valence-corrected chi connectivity index (χ2v) is 2.97. The number of morpholine rings is 1. The van der Waals surface area contributed by atoms with Crippen LogP contribution in [-0.2, 0) is 4.74 Å². The molecule has 1 heterocycles. The first kappa shape index (κ1) is 11.9. The lowest BCUT2D eigenvalue weighted by Crippen LogP contribution is -2.45. The molecule has 12 heavy (non-hydrogen) atoms. The van der Waals surface area contributed by atoms with Crippen LogP contribution in [0.1, 0.15) is 20.8 Å².